The molecule has 0 N–H and O–H groups in total. The molecule has 0 aliphatic carbocycles. The Morgan fingerprint density at radius 3 is 2.42 bits per heavy atom. The highest BCUT2D eigenvalue weighted by Gasteiger charge is 2.18. The van der Waals surface area contributed by atoms with Crippen LogP contribution in [0.5, 0.6) is 11.6 Å². The van der Waals surface area contributed by atoms with Gasteiger partial charge in [0.2, 0.25) is 0 Å². The number of hydrogen-bond donors (Lipinski definition) is 0. The van der Waals surface area contributed by atoms with Gasteiger partial charge in [0.15, 0.2) is 0 Å². The zero-order chi connectivity index (χ0) is 14.0. The van der Waals surface area contributed by atoms with Crippen molar-refractivity contribution in [3.63, 3.8) is 0 Å². The van der Waals surface area contributed by atoms with Crippen LogP contribution in [0.15, 0.2) is 34.9 Å². The highest BCUT2D eigenvalue weighted by atomic mass is 79.9. The molecule has 1 aromatic carbocycles. The van der Waals surface area contributed by atoms with Gasteiger partial charge in [0.1, 0.15) is 5.75 Å². The maximum absolute atomic E-state index is 11.0. The van der Waals surface area contributed by atoms with E-state index in [2.05, 4.69) is 20.9 Å². The Morgan fingerprint density at radius 1 is 1.21 bits per heavy atom. The largest absolute Gasteiger partial charge is 0.434 e. The van der Waals surface area contributed by atoms with Crippen molar-refractivity contribution in [1.82, 2.24) is 4.98 Å². The van der Waals surface area contributed by atoms with Crippen molar-refractivity contribution in [3.05, 3.63) is 56.2 Å². The Kier molecular flexibility index (Phi) is 3.80. The van der Waals surface area contributed by atoms with Gasteiger partial charge in [-0.25, -0.2) is 4.98 Å². The summed E-state index contributed by atoms with van der Waals surface area (Å²) in [6.07, 6.45) is 1.46. The number of pyridine rings is 1. The highest BCUT2D eigenvalue weighted by Crippen LogP contribution is 2.31. The van der Waals surface area contributed by atoms with E-state index >= 15 is 0 Å². The topological polar surface area (TPSA) is 65.3 Å². The van der Waals surface area contributed by atoms with Crippen LogP contribution in [0.4, 0.5) is 5.69 Å². The SMILES string of the molecule is Cc1cc(C)cc(Oc2ncc(Br)cc2[N+](=O)[O-])c1. The second-order valence-corrected chi connectivity index (χ2v) is 5.08. The number of nitrogens with zero attached hydrogens (tertiary/aromatic N) is 2. The van der Waals surface area contributed by atoms with Crippen LogP contribution in [-0.2, 0) is 0 Å². The molecule has 5 nitrogen and oxygen atoms in total. The van der Waals surface area contributed by atoms with E-state index in [1.165, 1.54) is 12.3 Å². The van der Waals surface area contributed by atoms with Crippen LogP contribution in [0, 0.1) is 24.0 Å². The molecular weight excluding hydrogens is 312 g/mol. The first-order valence-electron chi connectivity index (χ1n) is 5.52. The zero-order valence-corrected chi connectivity index (χ0v) is 12.0. The molecule has 0 fully saturated rings. The predicted octanol–water partition coefficient (Wildman–Crippen LogP) is 4.16. The Balaban J connectivity index is 2.40. The third kappa shape index (κ3) is 3.29. The van der Waals surface area contributed by atoms with Gasteiger partial charge in [0.05, 0.1) is 4.92 Å². The quantitative estimate of drug-likeness (QED) is 0.628. The van der Waals surface area contributed by atoms with Crippen LogP contribution in [-0.4, -0.2) is 9.91 Å². The van der Waals surface area contributed by atoms with Crippen molar-refractivity contribution in [3.8, 4) is 11.6 Å². The first kappa shape index (κ1) is 13.5. The van der Waals surface area contributed by atoms with Gasteiger partial charge in [0.25, 0.3) is 5.88 Å². The van der Waals surface area contributed by atoms with Crippen LogP contribution in [0.25, 0.3) is 0 Å². The van der Waals surface area contributed by atoms with Crippen molar-refractivity contribution < 1.29 is 9.66 Å². The molecule has 1 aromatic heterocycles. The molecule has 1 heterocycles. The van der Waals surface area contributed by atoms with E-state index in [-0.39, 0.29) is 11.6 Å². The third-order valence-electron chi connectivity index (χ3n) is 2.41. The molecule has 0 radical (unpaired) electrons. The standard InChI is InChI=1S/C13H11BrN2O3/c1-8-3-9(2)5-11(4-8)19-13-12(16(17)18)6-10(14)7-15-13/h3-7H,1-2H3. The van der Waals surface area contributed by atoms with Gasteiger partial charge < -0.3 is 4.74 Å². The summed E-state index contributed by atoms with van der Waals surface area (Å²) in [5, 5.41) is 11.0. The van der Waals surface area contributed by atoms with Crippen LogP contribution < -0.4 is 4.74 Å². The van der Waals surface area contributed by atoms with Crippen LogP contribution in [0.3, 0.4) is 0 Å². The average Bonchev–Trinajstić information content (AvgIpc) is 2.30. The number of benzene rings is 1. The summed E-state index contributed by atoms with van der Waals surface area (Å²) in [5.41, 5.74) is 1.87. The van der Waals surface area contributed by atoms with E-state index in [1.807, 2.05) is 19.9 Å². The lowest BCUT2D eigenvalue weighted by Gasteiger charge is -2.07. The molecule has 0 amide bonds. The molecule has 0 saturated carbocycles. The minimum Gasteiger partial charge on any atom is -0.434 e. The van der Waals surface area contributed by atoms with Crippen LogP contribution in [0.2, 0.25) is 0 Å². The first-order chi connectivity index (χ1) is 8.95. The van der Waals surface area contributed by atoms with E-state index in [1.54, 1.807) is 12.1 Å². The normalized spacial score (nSPS) is 10.3. The van der Waals surface area contributed by atoms with Crippen molar-refractivity contribution >= 4 is 21.6 Å². The number of nitro groups is 1. The van der Waals surface area contributed by atoms with E-state index in [4.69, 9.17) is 4.74 Å². The number of ether oxygens (including phenoxy) is 1. The molecule has 19 heavy (non-hydrogen) atoms. The highest BCUT2D eigenvalue weighted by molar-refractivity contribution is 9.10. The summed E-state index contributed by atoms with van der Waals surface area (Å²) in [5.74, 6) is 0.522. The van der Waals surface area contributed by atoms with Gasteiger partial charge in [0, 0.05) is 16.7 Å². The first-order valence-corrected chi connectivity index (χ1v) is 6.31. The summed E-state index contributed by atoms with van der Waals surface area (Å²) >= 11 is 3.15. The molecule has 0 spiro atoms. The molecule has 0 unspecified atom stereocenters. The Hall–Kier alpha value is -1.95. The smallest absolute Gasteiger partial charge is 0.332 e. The molecule has 0 aliphatic rings. The fourth-order valence-electron chi connectivity index (χ4n) is 1.73. The van der Waals surface area contributed by atoms with Crippen LogP contribution in [0.1, 0.15) is 11.1 Å². The fraction of sp³-hybridized carbons (Fsp3) is 0.154. The van der Waals surface area contributed by atoms with Crippen molar-refractivity contribution in [2.45, 2.75) is 13.8 Å². The van der Waals surface area contributed by atoms with Crippen molar-refractivity contribution in [2.24, 2.45) is 0 Å². The lowest BCUT2D eigenvalue weighted by Crippen LogP contribution is -1.96. The Morgan fingerprint density at radius 2 is 1.84 bits per heavy atom. The molecule has 0 aliphatic heterocycles. The number of aryl methyl sites for hydroxylation is 2. The predicted molar refractivity (Wildman–Crippen MR) is 74.6 cm³/mol. The van der Waals surface area contributed by atoms with Gasteiger partial charge in [-0.2, -0.15) is 0 Å². The Bertz CT molecular complexity index is 624. The number of hydrogen-bond acceptors (Lipinski definition) is 4. The third-order valence-corrected chi connectivity index (χ3v) is 2.84. The maximum Gasteiger partial charge on any atom is 0.332 e. The van der Waals surface area contributed by atoms with Gasteiger partial charge in [-0.05, 0) is 53.0 Å². The molecule has 0 saturated heterocycles. The van der Waals surface area contributed by atoms with Crippen molar-refractivity contribution in [2.75, 3.05) is 0 Å². The van der Waals surface area contributed by atoms with Gasteiger partial charge >= 0.3 is 5.69 Å². The monoisotopic (exact) mass is 322 g/mol. The molecule has 0 atom stereocenters. The molecular formula is C13H11BrN2O3. The van der Waals surface area contributed by atoms with E-state index in [0.717, 1.165) is 11.1 Å². The van der Waals surface area contributed by atoms with Gasteiger partial charge in [-0.15, -0.1) is 0 Å². The van der Waals surface area contributed by atoms with Gasteiger partial charge in [-0.1, -0.05) is 6.07 Å². The van der Waals surface area contributed by atoms with Crippen molar-refractivity contribution in [1.29, 1.82) is 0 Å². The summed E-state index contributed by atoms with van der Waals surface area (Å²) in [6, 6.07) is 6.97. The lowest BCUT2D eigenvalue weighted by molar-refractivity contribution is -0.386. The van der Waals surface area contributed by atoms with Crippen LogP contribution >= 0.6 is 15.9 Å². The molecule has 6 heteroatoms. The van der Waals surface area contributed by atoms with E-state index in [9.17, 15) is 10.1 Å². The van der Waals surface area contributed by atoms with E-state index < -0.39 is 4.92 Å². The molecule has 98 valence electrons. The number of halogens is 1. The second kappa shape index (κ2) is 5.36. The molecule has 2 aromatic rings. The summed E-state index contributed by atoms with van der Waals surface area (Å²) in [7, 11) is 0. The molecule has 0 bridgehead atoms. The van der Waals surface area contributed by atoms with E-state index in [0.29, 0.717) is 10.2 Å². The minimum absolute atomic E-state index is 0.0156. The fourth-order valence-corrected chi connectivity index (χ4v) is 2.05. The summed E-state index contributed by atoms with van der Waals surface area (Å²) < 4.78 is 6.05. The second-order valence-electron chi connectivity index (χ2n) is 4.16. The zero-order valence-electron chi connectivity index (χ0n) is 10.4. The lowest BCUT2D eigenvalue weighted by atomic mass is 10.1. The number of aromatic nitrogens is 1. The van der Waals surface area contributed by atoms with Gasteiger partial charge in [-0.3, -0.25) is 10.1 Å². The molecule has 2 rings (SSSR count). The minimum atomic E-state index is -0.518. The summed E-state index contributed by atoms with van der Waals surface area (Å²) in [4.78, 5) is 14.4. The Labute approximate surface area is 118 Å². The summed E-state index contributed by atoms with van der Waals surface area (Å²) in [6.45, 7) is 3.87. The average molecular weight is 323 g/mol. The maximum atomic E-state index is 11.0. The number of rotatable bonds is 3.